The van der Waals surface area contributed by atoms with Crippen LogP contribution in [0.3, 0.4) is 0 Å². The van der Waals surface area contributed by atoms with Crippen LogP contribution in [0.25, 0.3) is 21.9 Å². The molecule has 4 rings (SSSR count). The van der Waals surface area contributed by atoms with Crippen LogP contribution in [0, 0.1) is 0 Å². The van der Waals surface area contributed by atoms with Crippen molar-refractivity contribution in [3.63, 3.8) is 0 Å². The number of benzene rings is 2. The highest BCUT2D eigenvalue weighted by molar-refractivity contribution is 6.05. The molecule has 0 saturated heterocycles. The smallest absolute Gasteiger partial charge is 0.371 e. The Balaban J connectivity index is 1.62. The number of carboxylic acids is 1. The Morgan fingerprint density at radius 1 is 1.04 bits per heavy atom. The largest absolute Gasteiger partial charge is 0.489 e. The van der Waals surface area contributed by atoms with Crippen LogP contribution >= 0.6 is 0 Å². The van der Waals surface area contributed by atoms with Gasteiger partial charge < -0.3 is 18.7 Å². The van der Waals surface area contributed by atoms with Gasteiger partial charge in [0.1, 0.15) is 29.3 Å². The lowest BCUT2D eigenvalue weighted by Crippen LogP contribution is -1.98. The summed E-state index contributed by atoms with van der Waals surface area (Å²) >= 11 is 0. The number of ether oxygens (including phenoxy) is 1. The molecule has 0 radical (unpaired) electrons. The average molecular weight is 350 g/mol. The monoisotopic (exact) mass is 350 g/mol. The summed E-state index contributed by atoms with van der Waals surface area (Å²) in [5, 5.41) is 11.2. The lowest BCUT2D eigenvalue weighted by atomic mass is 10.1. The van der Waals surface area contributed by atoms with Gasteiger partial charge >= 0.3 is 5.97 Å². The summed E-state index contributed by atoms with van der Waals surface area (Å²) in [6.07, 6.45) is 0. The second-order valence-electron chi connectivity index (χ2n) is 6.50. The van der Waals surface area contributed by atoms with Crippen LogP contribution in [0.4, 0.5) is 0 Å². The molecule has 2 aromatic heterocycles. The normalized spacial score (nSPS) is 11.5. The molecule has 0 saturated carbocycles. The summed E-state index contributed by atoms with van der Waals surface area (Å²) in [6, 6.07) is 15.1. The molecular weight excluding hydrogens is 332 g/mol. The Hall–Kier alpha value is -3.21. The van der Waals surface area contributed by atoms with E-state index in [2.05, 4.69) is 0 Å². The topological polar surface area (TPSA) is 72.8 Å². The zero-order valence-electron chi connectivity index (χ0n) is 14.5. The van der Waals surface area contributed by atoms with Crippen LogP contribution in [0.15, 0.2) is 57.4 Å². The number of furan rings is 2. The van der Waals surface area contributed by atoms with Gasteiger partial charge in [-0.2, -0.15) is 0 Å². The summed E-state index contributed by atoms with van der Waals surface area (Å²) in [6.45, 7) is 4.14. The first-order valence-electron chi connectivity index (χ1n) is 8.43. The van der Waals surface area contributed by atoms with Gasteiger partial charge in [-0.3, -0.25) is 0 Å². The molecule has 0 spiro atoms. The summed E-state index contributed by atoms with van der Waals surface area (Å²) in [4.78, 5) is 11.1. The van der Waals surface area contributed by atoms with Crippen LogP contribution in [0.5, 0.6) is 5.75 Å². The SMILES string of the molecule is CC(C)c1oc(C(=O)O)cc1COc1ccc2c(c1)oc1ccccc12. The van der Waals surface area contributed by atoms with Crippen molar-refractivity contribution in [2.24, 2.45) is 0 Å². The second-order valence-corrected chi connectivity index (χ2v) is 6.50. The van der Waals surface area contributed by atoms with Crippen molar-refractivity contribution in [3.8, 4) is 5.75 Å². The first-order valence-corrected chi connectivity index (χ1v) is 8.43. The van der Waals surface area contributed by atoms with Crippen LogP contribution in [-0.4, -0.2) is 11.1 Å². The van der Waals surface area contributed by atoms with Gasteiger partial charge in [0.25, 0.3) is 0 Å². The molecule has 5 nitrogen and oxygen atoms in total. The van der Waals surface area contributed by atoms with Gasteiger partial charge in [-0.05, 0) is 24.3 Å². The molecule has 2 heterocycles. The van der Waals surface area contributed by atoms with Gasteiger partial charge in [0.05, 0.1) is 0 Å². The Bertz CT molecular complexity index is 1100. The number of fused-ring (bicyclic) bond motifs is 3. The number of aromatic carboxylic acids is 1. The Morgan fingerprint density at radius 2 is 1.81 bits per heavy atom. The number of hydrogen-bond donors (Lipinski definition) is 1. The van der Waals surface area contributed by atoms with Gasteiger partial charge in [0.2, 0.25) is 5.76 Å². The van der Waals surface area contributed by atoms with Gasteiger partial charge in [0, 0.05) is 28.3 Å². The fourth-order valence-electron chi connectivity index (χ4n) is 3.11. The van der Waals surface area contributed by atoms with Crippen molar-refractivity contribution in [2.75, 3.05) is 0 Å². The number of carbonyl (C=O) groups is 1. The van der Waals surface area contributed by atoms with Gasteiger partial charge in [-0.25, -0.2) is 4.79 Å². The van der Waals surface area contributed by atoms with Crippen LogP contribution in [0.1, 0.15) is 41.6 Å². The number of carboxylic acid groups (broad SMARTS) is 1. The van der Waals surface area contributed by atoms with Gasteiger partial charge in [-0.1, -0.05) is 32.0 Å². The minimum atomic E-state index is -1.08. The van der Waals surface area contributed by atoms with E-state index in [4.69, 9.17) is 18.7 Å². The molecule has 5 heteroatoms. The molecule has 132 valence electrons. The highest BCUT2D eigenvalue weighted by Crippen LogP contribution is 2.32. The summed E-state index contributed by atoms with van der Waals surface area (Å²) in [5.74, 6) is 0.206. The molecule has 0 aliphatic carbocycles. The zero-order chi connectivity index (χ0) is 18.3. The van der Waals surface area contributed by atoms with Crippen molar-refractivity contribution in [1.82, 2.24) is 0 Å². The van der Waals surface area contributed by atoms with E-state index in [1.165, 1.54) is 6.07 Å². The quantitative estimate of drug-likeness (QED) is 0.509. The van der Waals surface area contributed by atoms with E-state index in [0.717, 1.165) is 27.5 Å². The van der Waals surface area contributed by atoms with E-state index in [1.807, 2.05) is 56.3 Å². The average Bonchev–Trinajstić information content (AvgIpc) is 3.21. The Morgan fingerprint density at radius 3 is 2.58 bits per heavy atom. The van der Waals surface area contributed by atoms with Crippen LogP contribution < -0.4 is 4.74 Å². The standard InChI is InChI=1S/C21H18O5/c1-12(2)20-13(9-19(26-20)21(22)23)11-24-14-7-8-16-15-5-3-4-6-17(15)25-18(16)10-14/h3-10,12H,11H2,1-2H3,(H,22,23). The lowest BCUT2D eigenvalue weighted by molar-refractivity contribution is 0.0660. The van der Waals surface area contributed by atoms with Crippen molar-refractivity contribution in [1.29, 1.82) is 0 Å². The molecule has 26 heavy (non-hydrogen) atoms. The van der Waals surface area contributed by atoms with E-state index < -0.39 is 5.97 Å². The third kappa shape index (κ3) is 2.81. The summed E-state index contributed by atoms with van der Waals surface area (Å²) in [7, 11) is 0. The predicted molar refractivity (Wildman–Crippen MR) is 97.8 cm³/mol. The lowest BCUT2D eigenvalue weighted by Gasteiger charge is -2.08. The second kappa shape index (κ2) is 6.26. The van der Waals surface area contributed by atoms with Crippen molar-refractivity contribution >= 4 is 27.9 Å². The van der Waals surface area contributed by atoms with E-state index in [0.29, 0.717) is 11.5 Å². The number of hydrogen-bond acceptors (Lipinski definition) is 4. The molecule has 0 bridgehead atoms. The summed E-state index contributed by atoms with van der Waals surface area (Å²) in [5.41, 5.74) is 2.33. The maximum absolute atomic E-state index is 11.1. The van der Waals surface area contributed by atoms with Crippen LogP contribution in [0.2, 0.25) is 0 Å². The molecule has 0 atom stereocenters. The zero-order valence-corrected chi connectivity index (χ0v) is 14.5. The van der Waals surface area contributed by atoms with E-state index >= 15 is 0 Å². The first kappa shape index (κ1) is 16.3. The highest BCUT2D eigenvalue weighted by atomic mass is 16.5. The molecule has 4 aromatic rings. The van der Waals surface area contributed by atoms with Gasteiger partial charge in [-0.15, -0.1) is 0 Å². The minimum Gasteiger partial charge on any atom is -0.489 e. The van der Waals surface area contributed by atoms with Gasteiger partial charge in [0.15, 0.2) is 0 Å². The molecule has 2 aromatic carbocycles. The Labute approximate surface area is 149 Å². The van der Waals surface area contributed by atoms with E-state index in [-0.39, 0.29) is 18.3 Å². The number of rotatable bonds is 5. The van der Waals surface area contributed by atoms with E-state index in [9.17, 15) is 4.79 Å². The Kier molecular flexibility index (Phi) is 3.92. The molecule has 0 aliphatic heterocycles. The predicted octanol–water partition coefficient (Wildman–Crippen LogP) is 5.58. The third-order valence-corrected chi connectivity index (χ3v) is 4.32. The molecule has 0 unspecified atom stereocenters. The third-order valence-electron chi connectivity index (χ3n) is 4.32. The molecule has 1 N–H and O–H groups in total. The highest BCUT2D eigenvalue weighted by Gasteiger charge is 2.18. The number of para-hydroxylation sites is 1. The minimum absolute atomic E-state index is 0.0690. The molecule has 0 amide bonds. The maximum Gasteiger partial charge on any atom is 0.371 e. The van der Waals surface area contributed by atoms with Crippen molar-refractivity contribution in [3.05, 3.63) is 65.6 Å². The van der Waals surface area contributed by atoms with E-state index in [1.54, 1.807) is 0 Å². The first-order chi connectivity index (χ1) is 12.5. The maximum atomic E-state index is 11.1. The summed E-state index contributed by atoms with van der Waals surface area (Å²) < 4.78 is 17.2. The van der Waals surface area contributed by atoms with Crippen LogP contribution in [-0.2, 0) is 6.61 Å². The molecular formula is C21H18O5. The van der Waals surface area contributed by atoms with Crippen molar-refractivity contribution < 1.29 is 23.5 Å². The molecule has 0 fully saturated rings. The van der Waals surface area contributed by atoms with Crippen molar-refractivity contribution in [2.45, 2.75) is 26.4 Å². The fraction of sp³-hybridized carbons (Fsp3) is 0.190. The molecule has 0 aliphatic rings. The fourth-order valence-corrected chi connectivity index (χ4v) is 3.11.